The largest absolute Gasteiger partial charge is 0.383 e. The van der Waals surface area contributed by atoms with Crippen molar-refractivity contribution in [3.05, 3.63) is 23.9 Å². The van der Waals surface area contributed by atoms with Gasteiger partial charge in [0.1, 0.15) is 11.6 Å². The van der Waals surface area contributed by atoms with Gasteiger partial charge in [-0.3, -0.25) is 4.79 Å². The Morgan fingerprint density at radius 3 is 3.06 bits per heavy atom. The molecule has 2 rings (SSSR count). The fourth-order valence-electron chi connectivity index (χ4n) is 2.66. The highest BCUT2D eigenvalue weighted by atomic mass is 16.1. The summed E-state index contributed by atoms with van der Waals surface area (Å²) in [6.45, 7) is 2.23. The summed E-state index contributed by atoms with van der Waals surface area (Å²) in [7, 11) is 0. The molecular formula is C14H20N2O. The molecule has 1 aromatic rings. The van der Waals surface area contributed by atoms with E-state index >= 15 is 0 Å². The number of carbonyl (C=O) groups excluding carboxylic acids is 1. The molecular weight excluding hydrogens is 212 g/mol. The lowest BCUT2D eigenvalue weighted by atomic mass is 9.79. The van der Waals surface area contributed by atoms with Gasteiger partial charge in [0, 0.05) is 24.1 Å². The molecule has 1 fully saturated rings. The molecule has 0 radical (unpaired) electrons. The van der Waals surface area contributed by atoms with E-state index in [0.717, 1.165) is 18.4 Å². The summed E-state index contributed by atoms with van der Waals surface area (Å²) in [5.74, 6) is 1.74. The van der Waals surface area contributed by atoms with E-state index in [1.54, 1.807) is 6.20 Å². The summed E-state index contributed by atoms with van der Waals surface area (Å²) in [4.78, 5) is 16.2. The number of aromatic nitrogens is 1. The van der Waals surface area contributed by atoms with E-state index in [0.29, 0.717) is 23.9 Å². The van der Waals surface area contributed by atoms with Crippen molar-refractivity contribution in [1.29, 1.82) is 0 Å². The number of pyridine rings is 1. The zero-order chi connectivity index (χ0) is 12.3. The molecule has 0 amide bonds. The van der Waals surface area contributed by atoms with Crippen molar-refractivity contribution < 1.29 is 4.79 Å². The van der Waals surface area contributed by atoms with Gasteiger partial charge >= 0.3 is 0 Å². The maximum Gasteiger partial charge on any atom is 0.140 e. The number of nitrogens with zero attached hydrogens (tertiary/aromatic N) is 1. The quantitative estimate of drug-likeness (QED) is 0.871. The van der Waals surface area contributed by atoms with Crippen molar-refractivity contribution in [3.8, 4) is 0 Å². The lowest BCUT2D eigenvalue weighted by Gasteiger charge is -2.25. The number of anilines is 1. The van der Waals surface area contributed by atoms with E-state index in [2.05, 4.69) is 11.9 Å². The summed E-state index contributed by atoms with van der Waals surface area (Å²) >= 11 is 0. The van der Waals surface area contributed by atoms with Crippen LogP contribution >= 0.6 is 0 Å². The van der Waals surface area contributed by atoms with Crippen LogP contribution in [0.4, 0.5) is 5.82 Å². The van der Waals surface area contributed by atoms with Crippen LogP contribution < -0.4 is 5.73 Å². The molecule has 0 saturated heterocycles. The normalized spacial score (nSPS) is 24.5. The second-order valence-electron chi connectivity index (χ2n) is 5.16. The highest BCUT2D eigenvalue weighted by Gasteiger charge is 2.25. The molecule has 0 spiro atoms. The van der Waals surface area contributed by atoms with Gasteiger partial charge in [-0.15, -0.1) is 0 Å². The first-order chi connectivity index (χ1) is 8.16. The van der Waals surface area contributed by atoms with Crippen LogP contribution in [0.2, 0.25) is 0 Å². The van der Waals surface area contributed by atoms with Crippen LogP contribution in [0.5, 0.6) is 0 Å². The monoisotopic (exact) mass is 232 g/mol. The van der Waals surface area contributed by atoms with Crippen molar-refractivity contribution in [3.63, 3.8) is 0 Å². The first-order valence-corrected chi connectivity index (χ1v) is 6.39. The number of nitrogens with two attached hydrogens (primary N) is 1. The first-order valence-electron chi connectivity index (χ1n) is 6.39. The third kappa shape index (κ3) is 3.05. The average molecular weight is 232 g/mol. The van der Waals surface area contributed by atoms with Crippen LogP contribution in [0, 0.1) is 11.8 Å². The standard InChI is InChI=1S/C14H20N2O/c1-10-4-2-5-11(8-10)13(17)9-12-6-3-7-16-14(12)15/h3,6-7,10-11H,2,4-5,8-9H2,1H3,(H2,15,16). The Bertz CT molecular complexity index is 403. The Labute approximate surface area is 102 Å². The highest BCUT2D eigenvalue weighted by Crippen LogP contribution is 2.30. The lowest BCUT2D eigenvalue weighted by molar-refractivity contribution is -0.123. The zero-order valence-corrected chi connectivity index (χ0v) is 10.4. The predicted octanol–water partition coefficient (Wildman–Crippen LogP) is 2.60. The summed E-state index contributed by atoms with van der Waals surface area (Å²) in [5.41, 5.74) is 6.63. The third-order valence-corrected chi connectivity index (χ3v) is 3.68. The van der Waals surface area contributed by atoms with E-state index in [1.807, 2.05) is 12.1 Å². The highest BCUT2D eigenvalue weighted by molar-refractivity contribution is 5.84. The van der Waals surface area contributed by atoms with Crippen molar-refractivity contribution in [2.24, 2.45) is 11.8 Å². The Morgan fingerprint density at radius 1 is 1.53 bits per heavy atom. The molecule has 1 heterocycles. The SMILES string of the molecule is CC1CCCC(C(=O)Cc2cccnc2N)C1. The summed E-state index contributed by atoms with van der Waals surface area (Å²) < 4.78 is 0. The van der Waals surface area contributed by atoms with Gasteiger partial charge in [0.25, 0.3) is 0 Å². The minimum atomic E-state index is 0.235. The van der Waals surface area contributed by atoms with Gasteiger partial charge in [-0.2, -0.15) is 0 Å². The van der Waals surface area contributed by atoms with Crippen molar-refractivity contribution in [2.75, 3.05) is 5.73 Å². The third-order valence-electron chi connectivity index (χ3n) is 3.68. The molecule has 92 valence electrons. The molecule has 1 aliphatic carbocycles. The van der Waals surface area contributed by atoms with E-state index in [1.165, 1.54) is 12.8 Å². The van der Waals surface area contributed by atoms with E-state index in [4.69, 9.17) is 5.73 Å². The van der Waals surface area contributed by atoms with E-state index < -0.39 is 0 Å². The number of hydrogen-bond donors (Lipinski definition) is 1. The number of ketones is 1. The molecule has 0 bridgehead atoms. The first kappa shape index (κ1) is 12.1. The molecule has 1 saturated carbocycles. The van der Waals surface area contributed by atoms with Crippen molar-refractivity contribution in [2.45, 2.75) is 39.0 Å². The molecule has 3 heteroatoms. The van der Waals surface area contributed by atoms with Crippen LogP contribution in [0.1, 0.15) is 38.2 Å². The Morgan fingerprint density at radius 2 is 2.35 bits per heavy atom. The zero-order valence-electron chi connectivity index (χ0n) is 10.4. The maximum absolute atomic E-state index is 12.2. The summed E-state index contributed by atoms with van der Waals surface area (Å²) in [6.07, 6.45) is 6.63. The van der Waals surface area contributed by atoms with Crippen molar-refractivity contribution >= 4 is 11.6 Å². The molecule has 3 nitrogen and oxygen atoms in total. The fourth-order valence-corrected chi connectivity index (χ4v) is 2.66. The number of nitrogen functional groups attached to an aromatic ring is 1. The van der Waals surface area contributed by atoms with Crippen LogP contribution in [-0.2, 0) is 11.2 Å². The minimum absolute atomic E-state index is 0.235. The summed E-state index contributed by atoms with van der Waals surface area (Å²) in [6, 6.07) is 3.73. The van der Waals surface area contributed by atoms with Crippen LogP contribution in [0.3, 0.4) is 0 Å². The van der Waals surface area contributed by atoms with Gasteiger partial charge in [0.05, 0.1) is 0 Å². The van der Waals surface area contributed by atoms with Gasteiger partial charge in [0.2, 0.25) is 0 Å². The number of Topliss-reactive ketones (excluding diaryl/α,β-unsaturated/α-hetero) is 1. The number of rotatable bonds is 3. The molecule has 0 aromatic carbocycles. The van der Waals surface area contributed by atoms with E-state index in [9.17, 15) is 4.79 Å². The molecule has 2 N–H and O–H groups in total. The second-order valence-corrected chi connectivity index (χ2v) is 5.16. The number of hydrogen-bond acceptors (Lipinski definition) is 3. The summed E-state index contributed by atoms with van der Waals surface area (Å²) in [5, 5.41) is 0. The van der Waals surface area contributed by atoms with Crippen LogP contribution in [0.25, 0.3) is 0 Å². The minimum Gasteiger partial charge on any atom is -0.383 e. The van der Waals surface area contributed by atoms with E-state index in [-0.39, 0.29) is 5.92 Å². The van der Waals surface area contributed by atoms with Gasteiger partial charge in [-0.25, -0.2) is 4.98 Å². The molecule has 2 unspecified atom stereocenters. The molecule has 1 aliphatic rings. The van der Waals surface area contributed by atoms with Crippen LogP contribution in [0.15, 0.2) is 18.3 Å². The molecule has 17 heavy (non-hydrogen) atoms. The van der Waals surface area contributed by atoms with Gasteiger partial charge < -0.3 is 5.73 Å². The Balaban J connectivity index is 1.99. The lowest BCUT2D eigenvalue weighted by Crippen LogP contribution is -2.23. The number of carbonyl (C=O) groups is 1. The van der Waals surface area contributed by atoms with Crippen LogP contribution in [-0.4, -0.2) is 10.8 Å². The van der Waals surface area contributed by atoms with Crippen molar-refractivity contribution in [1.82, 2.24) is 4.98 Å². The average Bonchev–Trinajstić information content (AvgIpc) is 2.32. The Hall–Kier alpha value is -1.38. The molecule has 2 atom stereocenters. The predicted molar refractivity (Wildman–Crippen MR) is 68.5 cm³/mol. The smallest absolute Gasteiger partial charge is 0.140 e. The molecule has 0 aliphatic heterocycles. The maximum atomic E-state index is 12.2. The molecule has 1 aromatic heterocycles. The fraction of sp³-hybridized carbons (Fsp3) is 0.571. The van der Waals surface area contributed by atoms with Gasteiger partial charge in [-0.1, -0.05) is 25.8 Å². The van der Waals surface area contributed by atoms with Gasteiger partial charge in [0.15, 0.2) is 0 Å². The van der Waals surface area contributed by atoms with Gasteiger partial charge in [-0.05, 0) is 24.8 Å². The topological polar surface area (TPSA) is 56.0 Å². The second kappa shape index (κ2) is 5.30. The Kier molecular flexibility index (Phi) is 3.77.